The molecular formula is C22H27F2N7O. The Morgan fingerprint density at radius 3 is 2.75 bits per heavy atom. The number of ether oxygens (including phenoxy) is 1. The third-order valence-corrected chi connectivity index (χ3v) is 5.82. The van der Waals surface area contributed by atoms with E-state index in [9.17, 15) is 8.78 Å². The third kappa shape index (κ3) is 4.42. The molecule has 32 heavy (non-hydrogen) atoms. The zero-order valence-electron chi connectivity index (χ0n) is 17.8. The van der Waals surface area contributed by atoms with Gasteiger partial charge in [-0.3, -0.25) is 4.90 Å². The molecule has 5 rings (SSSR count). The molecule has 0 spiro atoms. The Balaban J connectivity index is 0.00000259. The van der Waals surface area contributed by atoms with Gasteiger partial charge >= 0.3 is 0 Å². The van der Waals surface area contributed by atoms with Crippen LogP contribution in [0.1, 0.15) is 19.0 Å². The molecule has 3 aromatic rings. The Labute approximate surface area is 186 Å². The van der Waals surface area contributed by atoms with Crippen LogP contribution in [0.15, 0.2) is 42.7 Å². The number of hydrogen-bond acceptors (Lipinski definition) is 7. The monoisotopic (exact) mass is 443 g/mol. The van der Waals surface area contributed by atoms with E-state index in [4.69, 9.17) is 9.72 Å². The summed E-state index contributed by atoms with van der Waals surface area (Å²) in [6.45, 7) is 7.50. The van der Waals surface area contributed by atoms with E-state index in [0.717, 1.165) is 50.8 Å². The number of nitrogens with zero attached hydrogens (tertiary/aromatic N) is 6. The van der Waals surface area contributed by atoms with Gasteiger partial charge in [0.05, 0.1) is 18.9 Å². The molecule has 0 amide bonds. The molecular weight excluding hydrogens is 416 g/mol. The van der Waals surface area contributed by atoms with Crippen molar-refractivity contribution in [3.63, 3.8) is 0 Å². The summed E-state index contributed by atoms with van der Waals surface area (Å²) in [5, 5.41) is 7.50. The van der Waals surface area contributed by atoms with Crippen molar-refractivity contribution >= 4 is 17.6 Å². The summed E-state index contributed by atoms with van der Waals surface area (Å²) in [5.41, 5.74) is 1.55. The fraction of sp³-hybridized carbons (Fsp3) is 0.409. The van der Waals surface area contributed by atoms with Gasteiger partial charge in [0.15, 0.2) is 0 Å². The average Bonchev–Trinajstić information content (AvgIpc) is 3.22. The quantitative estimate of drug-likeness (QED) is 0.626. The average molecular weight is 444 g/mol. The van der Waals surface area contributed by atoms with E-state index in [-0.39, 0.29) is 6.99 Å². The summed E-state index contributed by atoms with van der Waals surface area (Å²) in [6.07, 6.45) is -1.04. The lowest BCUT2D eigenvalue weighted by atomic mass is 10.1. The summed E-state index contributed by atoms with van der Waals surface area (Å²) in [5.74, 6) is 1.92. The van der Waals surface area contributed by atoms with E-state index in [0.29, 0.717) is 23.5 Å². The summed E-state index contributed by atoms with van der Waals surface area (Å²) in [4.78, 5) is 13.7. The van der Waals surface area contributed by atoms with Gasteiger partial charge in [-0.1, -0.05) is 12.1 Å². The van der Waals surface area contributed by atoms with Gasteiger partial charge in [0.25, 0.3) is 6.43 Å². The molecule has 1 aromatic carbocycles. The van der Waals surface area contributed by atoms with Crippen molar-refractivity contribution in [1.82, 2.24) is 24.6 Å². The highest BCUT2D eigenvalue weighted by Crippen LogP contribution is 2.26. The van der Waals surface area contributed by atoms with Crippen molar-refractivity contribution in [2.24, 2.45) is 0 Å². The van der Waals surface area contributed by atoms with Crippen LogP contribution in [-0.4, -0.2) is 70.1 Å². The normalized spacial score (nSPS) is 17.6. The minimum Gasteiger partial charge on any atom is -0.379 e. The molecule has 0 unspecified atom stereocenters. The molecule has 2 fully saturated rings. The summed E-state index contributed by atoms with van der Waals surface area (Å²) in [7, 11) is 0. The molecule has 0 bridgehead atoms. The first kappa shape index (κ1) is 20.8. The lowest BCUT2D eigenvalue weighted by Crippen LogP contribution is -2.61. The van der Waals surface area contributed by atoms with Crippen molar-refractivity contribution < 1.29 is 14.9 Å². The molecule has 10 heteroatoms. The number of pyridine rings is 1. The second-order valence-corrected chi connectivity index (χ2v) is 8.13. The summed E-state index contributed by atoms with van der Waals surface area (Å²) < 4.78 is 32.9. The molecule has 0 radical (unpaired) electrons. The maximum atomic E-state index is 13.0. The fourth-order valence-corrected chi connectivity index (χ4v) is 4.05. The highest BCUT2D eigenvalue weighted by molar-refractivity contribution is 5.56. The standard InChI is InChI=1S/C22H25F2N7O.H2/c1-15-9-19(26-20(10-15)30-12-18(13-30)29-5-7-32-8-6-29)27-22-25-14-31(28-22)17-4-2-3-16(11-17)21(23)24;/h2-4,9-11,14,18,21H,5-8,12-13H2,1H3,(H,26,27,28);1H. The molecule has 8 nitrogen and oxygen atoms in total. The van der Waals surface area contributed by atoms with Crippen molar-refractivity contribution in [3.8, 4) is 5.69 Å². The number of morpholine rings is 1. The second-order valence-electron chi connectivity index (χ2n) is 8.13. The molecule has 2 aliphatic heterocycles. The zero-order chi connectivity index (χ0) is 22.1. The van der Waals surface area contributed by atoms with Crippen LogP contribution in [0.2, 0.25) is 0 Å². The van der Waals surface area contributed by atoms with Crippen LogP contribution in [0.4, 0.5) is 26.4 Å². The van der Waals surface area contributed by atoms with Crippen molar-refractivity contribution in [2.75, 3.05) is 49.6 Å². The molecule has 0 saturated carbocycles. The number of nitrogens with one attached hydrogen (secondary N) is 1. The van der Waals surface area contributed by atoms with E-state index in [1.807, 2.05) is 13.0 Å². The molecule has 2 saturated heterocycles. The molecule has 1 N–H and O–H groups in total. The second kappa shape index (κ2) is 8.79. The van der Waals surface area contributed by atoms with Gasteiger partial charge in [0.2, 0.25) is 5.95 Å². The number of benzene rings is 1. The highest BCUT2D eigenvalue weighted by atomic mass is 19.3. The number of anilines is 3. The number of aromatic nitrogens is 4. The van der Waals surface area contributed by atoms with Gasteiger partial charge in [-0.2, -0.15) is 4.98 Å². The predicted octanol–water partition coefficient (Wildman–Crippen LogP) is 3.42. The first-order chi connectivity index (χ1) is 15.5. The van der Waals surface area contributed by atoms with Crippen LogP contribution in [0, 0.1) is 6.92 Å². The van der Waals surface area contributed by atoms with Crippen LogP contribution < -0.4 is 10.2 Å². The van der Waals surface area contributed by atoms with Crippen LogP contribution in [0.25, 0.3) is 5.69 Å². The van der Waals surface area contributed by atoms with Gasteiger partial charge in [0, 0.05) is 39.2 Å². The minimum atomic E-state index is -2.53. The first-order valence-corrected chi connectivity index (χ1v) is 10.7. The number of hydrogen-bond donors (Lipinski definition) is 1. The number of aryl methyl sites for hydroxylation is 1. The van der Waals surface area contributed by atoms with Crippen molar-refractivity contribution in [1.29, 1.82) is 0 Å². The van der Waals surface area contributed by atoms with Gasteiger partial charge in [0.1, 0.15) is 18.0 Å². The van der Waals surface area contributed by atoms with E-state index in [1.54, 1.807) is 12.1 Å². The Morgan fingerprint density at radius 1 is 1.16 bits per heavy atom. The number of rotatable bonds is 6. The molecule has 2 aliphatic rings. The summed E-state index contributed by atoms with van der Waals surface area (Å²) >= 11 is 0. The van der Waals surface area contributed by atoms with E-state index in [1.165, 1.54) is 23.1 Å². The van der Waals surface area contributed by atoms with Crippen LogP contribution in [0.5, 0.6) is 0 Å². The maximum Gasteiger partial charge on any atom is 0.263 e. The number of halogens is 2. The lowest BCUT2D eigenvalue weighted by Gasteiger charge is -2.47. The van der Waals surface area contributed by atoms with Gasteiger partial charge in [-0.05, 0) is 36.8 Å². The first-order valence-electron chi connectivity index (χ1n) is 10.7. The molecule has 2 aromatic heterocycles. The summed E-state index contributed by atoms with van der Waals surface area (Å²) in [6, 6.07) is 10.6. The SMILES string of the molecule is Cc1cc(Nc2ncn(-c3cccc(C(F)F)c3)n2)nc(N2CC(N3CCOCC3)C2)c1.[HH]. The minimum absolute atomic E-state index is 0. The largest absolute Gasteiger partial charge is 0.379 e. The van der Waals surface area contributed by atoms with Gasteiger partial charge < -0.3 is 15.0 Å². The van der Waals surface area contributed by atoms with Gasteiger partial charge in [-0.25, -0.2) is 18.4 Å². The molecule has 4 heterocycles. The lowest BCUT2D eigenvalue weighted by molar-refractivity contribution is 0.0104. The molecule has 0 atom stereocenters. The molecule has 0 aliphatic carbocycles. The Bertz CT molecular complexity index is 1080. The molecule has 170 valence electrons. The Hall–Kier alpha value is -3.11. The highest BCUT2D eigenvalue weighted by Gasteiger charge is 2.33. The maximum absolute atomic E-state index is 13.0. The Kier molecular flexibility index (Phi) is 5.71. The Morgan fingerprint density at radius 2 is 1.97 bits per heavy atom. The van der Waals surface area contributed by atoms with Crippen molar-refractivity contribution in [2.45, 2.75) is 19.4 Å². The zero-order valence-corrected chi connectivity index (χ0v) is 17.8. The van der Waals surface area contributed by atoms with Crippen molar-refractivity contribution in [3.05, 3.63) is 53.9 Å². The smallest absolute Gasteiger partial charge is 0.263 e. The van der Waals surface area contributed by atoms with Crippen LogP contribution in [0.3, 0.4) is 0 Å². The fourth-order valence-electron chi connectivity index (χ4n) is 4.05. The number of alkyl halides is 2. The van der Waals surface area contributed by atoms with E-state index in [2.05, 4.69) is 31.3 Å². The van der Waals surface area contributed by atoms with Crippen LogP contribution in [-0.2, 0) is 4.74 Å². The van der Waals surface area contributed by atoms with E-state index < -0.39 is 6.43 Å². The third-order valence-electron chi connectivity index (χ3n) is 5.82. The topological polar surface area (TPSA) is 71.3 Å². The predicted molar refractivity (Wildman–Crippen MR) is 119 cm³/mol. The van der Waals surface area contributed by atoms with Gasteiger partial charge in [-0.15, -0.1) is 5.10 Å². The van der Waals surface area contributed by atoms with Crippen LogP contribution >= 0.6 is 0 Å². The van der Waals surface area contributed by atoms with E-state index >= 15 is 0 Å².